The van der Waals surface area contributed by atoms with Crippen molar-refractivity contribution in [3.8, 4) is 0 Å². The van der Waals surface area contributed by atoms with Crippen LogP contribution in [0.2, 0.25) is 0 Å². The molecule has 142 valence electrons. The number of nitrogens with zero attached hydrogens (tertiary/aromatic N) is 2. The minimum absolute atomic E-state index is 0.0130. The Balaban J connectivity index is 1.69. The van der Waals surface area contributed by atoms with Crippen LogP contribution in [0.15, 0.2) is 48.5 Å². The lowest BCUT2D eigenvalue weighted by molar-refractivity contribution is -0.129. The molecule has 0 N–H and O–H groups in total. The Morgan fingerprint density at radius 2 is 1.85 bits per heavy atom. The fraction of sp³-hybridized carbons (Fsp3) is 0.300. The molecule has 2 aromatic rings. The average molecular weight is 390 g/mol. The van der Waals surface area contributed by atoms with Crippen LogP contribution >= 0.6 is 11.8 Å². The molecule has 0 unspecified atom stereocenters. The molecular weight excluding hydrogens is 370 g/mol. The molecular formula is C20H20F2N2O2S. The number of halogens is 2. The first kappa shape index (κ1) is 19.4. The van der Waals surface area contributed by atoms with Crippen LogP contribution in [0.3, 0.4) is 0 Å². The largest absolute Gasteiger partial charge is 0.340 e. The molecule has 0 radical (unpaired) electrons. The maximum atomic E-state index is 13.3. The van der Waals surface area contributed by atoms with Crippen LogP contribution in [0.25, 0.3) is 0 Å². The Bertz CT molecular complexity index is 844. The number of hydrogen-bond donors (Lipinski definition) is 0. The van der Waals surface area contributed by atoms with Gasteiger partial charge in [0, 0.05) is 25.7 Å². The van der Waals surface area contributed by atoms with E-state index in [0.717, 1.165) is 5.56 Å². The molecule has 27 heavy (non-hydrogen) atoms. The minimum Gasteiger partial charge on any atom is -0.340 e. The molecule has 1 heterocycles. The molecule has 4 nitrogen and oxygen atoms in total. The monoisotopic (exact) mass is 390 g/mol. The number of likely N-dealkylation sites (N-methyl/N-ethyl adjacent to an activating group) is 1. The van der Waals surface area contributed by atoms with Crippen LogP contribution in [0, 0.1) is 11.6 Å². The molecule has 0 saturated carbocycles. The summed E-state index contributed by atoms with van der Waals surface area (Å²) in [5.74, 6) is -1.11. The van der Waals surface area contributed by atoms with Gasteiger partial charge in [0.15, 0.2) is 0 Å². The van der Waals surface area contributed by atoms with Crippen molar-refractivity contribution in [1.29, 1.82) is 0 Å². The van der Waals surface area contributed by atoms with Gasteiger partial charge in [0.25, 0.3) is 5.91 Å². The zero-order valence-electron chi connectivity index (χ0n) is 15.1. The van der Waals surface area contributed by atoms with Crippen LogP contribution in [0.4, 0.5) is 8.78 Å². The average Bonchev–Trinajstić information content (AvgIpc) is 2.94. The summed E-state index contributed by atoms with van der Waals surface area (Å²) >= 11 is 1.50. The van der Waals surface area contributed by atoms with Gasteiger partial charge in [0.05, 0.1) is 5.25 Å². The van der Waals surface area contributed by atoms with Crippen molar-refractivity contribution in [1.82, 2.24) is 9.80 Å². The van der Waals surface area contributed by atoms with Crippen molar-refractivity contribution < 1.29 is 18.4 Å². The molecule has 0 bridgehead atoms. The lowest BCUT2D eigenvalue weighted by Crippen LogP contribution is -2.39. The van der Waals surface area contributed by atoms with E-state index < -0.39 is 5.82 Å². The maximum absolute atomic E-state index is 13.3. The quantitative estimate of drug-likeness (QED) is 0.782. The van der Waals surface area contributed by atoms with Gasteiger partial charge in [-0.3, -0.25) is 9.59 Å². The van der Waals surface area contributed by atoms with Crippen LogP contribution in [0.5, 0.6) is 0 Å². The fourth-order valence-corrected chi connectivity index (χ4v) is 4.30. The topological polar surface area (TPSA) is 40.6 Å². The summed E-state index contributed by atoms with van der Waals surface area (Å²) in [5, 5.41) is -0.421. The molecule has 1 fully saturated rings. The van der Waals surface area contributed by atoms with E-state index in [0.29, 0.717) is 13.1 Å². The third kappa shape index (κ3) is 4.30. The molecule has 1 saturated heterocycles. The Labute approximate surface area is 161 Å². The van der Waals surface area contributed by atoms with Gasteiger partial charge in [-0.25, -0.2) is 8.78 Å². The summed E-state index contributed by atoms with van der Waals surface area (Å²) in [5.41, 5.74) is 1.11. The number of amides is 2. The minimum atomic E-state index is -0.467. The highest BCUT2D eigenvalue weighted by Gasteiger charge is 2.38. The second-order valence-corrected chi connectivity index (χ2v) is 7.88. The third-order valence-corrected chi connectivity index (χ3v) is 5.89. The number of hydrogen-bond acceptors (Lipinski definition) is 3. The Morgan fingerprint density at radius 1 is 1.15 bits per heavy atom. The standard InChI is InChI=1S/C20H20F2N2O2S/c1-13-18(25)24(20(27-13)14-6-8-16(21)9-7-14)11-10-23(2)19(26)15-4-3-5-17(22)12-15/h3-9,12-13,20H,10-11H2,1-2H3/t13-,20+/m1/s1. The Hall–Kier alpha value is -2.41. The molecule has 7 heteroatoms. The van der Waals surface area contributed by atoms with Gasteiger partial charge in [0.2, 0.25) is 5.91 Å². The van der Waals surface area contributed by atoms with Gasteiger partial charge in [-0.05, 0) is 42.8 Å². The van der Waals surface area contributed by atoms with Gasteiger partial charge in [0.1, 0.15) is 17.0 Å². The molecule has 0 spiro atoms. The lowest BCUT2D eigenvalue weighted by Gasteiger charge is -2.27. The SMILES string of the molecule is C[C@H]1S[C@@H](c2ccc(F)cc2)N(CCN(C)C(=O)c2cccc(F)c2)C1=O. The highest BCUT2D eigenvalue weighted by atomic mass is 32.2. The van der Waals surface area contributed by atoms with Crippen molar-refractivity contribution in [2.24, 2.45) is 0 Å². The van der Waals surface area contributed by atoms with Crippen molar-refractivity contribution in [3.63, 3.8) is 0 Å². The first-order valence-electron chi connectivity index (χ1n) is 8.59. The molecule has 3 rings (SSSR count). The molecule has 1 aliphatic heterocycles. The zero-order valence-corrected chi connectivity index (χ0v) is 15.9. The number of carbonyl (C=O) groups excluding carboxylic acids is 2. The Kier molecular flexibility index (Phi) is 5.79. The summed E-state index contributed by atoms with van der Waals surface area (Å²) in [7, 11) is 1.62. The molecule has 2 aromatic carbocycles. The van der Waals surface area contributed by atoms with Crippen LogP contribution in [-0.4, -0.2) is 47.0 Å². The lowest BCUT2D eigenvalue weighted by atomic mass is 10.2. The number of carbonyl (C=O) groups is 2. The fourth-order valence-electron chi connectivity index (χ4n) is 2.99. The van der Waals surface area contributed by atoms with Crippen molar-refractivity contribution in [3.05, 3.63) is 71.3 Å². The smallest absolute Gasteiger partial charge is 0.253 e. The summed E-state index contributed by atoms with van der Waals surface area (Å²) in [6.45, 7) is 2.49. The van der Waals surface area contributed by atoms with Crippen LogP contribution in [-0.2, 0) is 4.79 Å². The molecule has 2 atom stereocenters. The van der Waals surface area contributed by atoms with Crippen molar-refractivity contribution in [2.45, 2.75) is 17.5 Å². The number of benzene rings is 2. The third-order valence-electron chi connectivity index (χ3n) is 4.50. The second-order valence-electron chi connectivity index (χ2n) is 6.45. The van der Waals surface area contributed by atoms with Gasteiger partial charge in [-0.15, -0.1) is 11.8 Å². The van der Waals surface area contributed by atoms with E-state index in [2.05, 4.69) is 0 Å². The van der Waals surface area contributed by atoms with Gasteiger partial charge < -0.3 is 9.80 Å². The van der Waals surface area contributed by atoms with E-state index in [1.807, 2.05) is 6.92 Å². The van der Waals surface area contributed by atoms with Crippen molar-refractivity contribution in [2.75, 3.05) is 20.1 Å². The van der Waals surface area contributed by atoms with Crippen LogP contribution < -0.4 is 0 Å². The second kappa shape index (κ2) is 8.08. The first-order chi connectivity index (χ1) is 12.9. The van der Waals surface area contributed by atoms with E-state index in [1.54, 1.807) is 30.1 Å². The van der Waals surface area contributed by atoms with Crippen molar-refractivity contribution >= 4 is 23.6 Å². The van der Waals surface area contributed by atoms with Gasteiger partial charge >= 0.3 is 0 Å². The maximum Gasteiger partial charge on any atom is 0.253 e. The first-order valence-corrected chi connectivity index (χ1v) is 9.53. The predicted molar refractivity (Wildman–Crippen MR) is 101 cm³/mol. The highest BCUT2D eigenvalue weighted by molar-refractivity contribution is 8.01. The predicted octanol–water partition coefficient (Wildman–Crippen LogP) is 3.70. The normalized spacial score (nSPS) is 19.4. The highest BCUT2D eigenvalue weighted by Crippen LogP contribution is 2.42. The molecule has 2 amide bonds. The van der Waals surface area contributed by atoms with E-state index in [4.69, 9.17) is 0 Å². The number of rotatable bonds is 5. The van der Waals surface area contributed by atoms with E-state index in [9.17, 15) is 18.4 Å². The molecule has 1 aliphatic rings. The van der Waals surface area contributed by atoms with E-state index in [-0.39, 0.29) is 33.8 Å². The van der Waals surface area contributed by atoms with Gasteiger partial charge in [-0.1, -0.05) is 18.2 Å². The van der Waals surface area contributed by atoms with E-state index in [1.165, 1.54) is 47.0 Å². The Morgan fingerprint density at radius 3 is 2.52 bits per heavy atom. The van der Waals surface area contributed by atoms with E-state index >= 15 is 0 Å². The zero-order chi connectivity index (χ0) is 19.6. The number of thioether (sulfide) groups is 1. The summed E-state index contributed by atoms with van der Waals surface area (Å²) < 4.78 is 26.5. The summed E-state index contributed by atoms with van der Waals surface area (Å²) in [4.78, 5) is 28.2. The summed E-state index contributed by atoms with van der Waals surface area (Å²) in [6.07, 6.45) is 0. The molecule has 0 aliphatic carbocycles. The molecule has 0 aromatic heterocycles. The summed E-state index contributed by atoms with van der Waals surface area (Å²) in [6, 6.07) is 11.6. The van der Waals surface area contributed by atoms with Crippen LogP contribution in [0.1, 0.15) is 28.2 Å². The van der Waals surface area contributed by atoms with Gasteiger partial charge in [-0.2, -0.15) is 0 Å².